The van der Waals surface area contributed by atoms with Gasteiger partial charge in [-0.25, -0.2) is 9.59 Å². The molecule has 0 heterocycles. The normalized spacial score (nSPS) is 31.1. The zero-order chi connectivity index (χ0) is 22.3. The molecule has 4 aliphatic rings. The summed E-state index contributed by atoms with van der Waals surface area (Å²) in [5.41, 5.74) is 3.35. The van der Waals surface area contributed by atoms with E-state index in [0.29, 0.717) is 11.8 Å². The molecule has 2 amide bonds. The van der Waals surface area contributed by atoms with Crippen LogP contribution in [0.2, 0.25) is 0 Å². The van der Waals surface area contributed by atoms with Gasteiger partial charge >= 0.3 is 12.0 Å². The molecule has 2 aromatic carbocycles. The Labute approximate surface area is 189 Å². The summed E-state index contributed by atoms with van der Waals surface area (Å²) in [7, 11) is 1.35. The average Bonchev–Trinajstić information content (AvgIpc) is 2.76. The molecule has 4 saturated carbocycles. The smallest absolute Gasteiger partial charge is 0.333 e. The van der Waals surface area contributed by atoms with Gasteiger partial charge in [0, 0.05) is 5.54 Å². The van der Waals surface area contributed by atoms with Gasteiger partial charge in [0.05, 0.1) is 7.11 Å². The molecule has 3 atom stereocenters. The summed E-state index contributed by atoms with van der Waals surface area (Å²) in [6, 6.07) is 17.2. The molecule has 6 rings (SSSR count). The van der Waals surface area contributed by atoms with E-state index in [4.69, 9.17) is 4.74 Å². The first-order valence-corrected chi connectivity index (χ1v) is 11.7. The molecule has 168 valence electrons. The number of hydrogen-bond acceptors (Lipinski definition) is 3. The molecular weight excluding hydrogens is 400 g/mol. The highest BCUT2D eigenvalue weighted by molar-refractivity contribution is 5.85. The first-order chi connectivity index (χ1) is 15.4. The van der Waals surface area contributed by atoms with Gasteiger partial charge in [-0.05, 0) is 73.8 Å². The molecule has 2 aromatic rings. The molecule has 2 N–H and O–H groups in total. The van der Waals surface area contributed by atoms with E-state index in [1.165, 1.54) is 37.5 Å². The second-order valence-electron chi connectivity index (χ2n) is 10.4. The van der Waals surface area contributed by atoms with E-state index in [-0.39, 0.29) is 17.0 Å². The van der Waals surface area contributed by atoms with E-state index < -0.39 is 12.0 Å². The highest BCUT2D eigenvalue weighted by Crippen LogP contribution is 2.62. The first-order valence-electron chi connectivity index (χ1n) is 11.7. The van der Waals surface area contributed by atoms with Crippen LogP contribution in [0, 0.1) is 18.8 Å². The van der Waals surface area contributed by atoms with E-state index in [1.54, 1.807) is 0 Å². The van der Waals surface area contributed by atoms with Crippen molar-refractivity contribution in [2.75, 3.05) is 7.11 Å². The van der Waals surface area contributed by atoms with Gasteiger partial charge in [0.1, 0.15) is 0 Å². The number of methoxy groups -OCH3 is 1. The maximum absolute atomic E-state index is 13.2. The molecule has 5 heteroatoms. The van der Waals surface area contributed by atoms with Crippen molar-refractivity contribution in [1.82, 2.24) is 10.6 Å². The van der Waals surface area contributed by atoms with Crippen LogP contribution < -0.4 is 10.6 Å². The molecule has 4 aliphatic carbocycles. The lowest BCUT2D eigenvalue weighted by molar-refractivity contribution is -0.143. The van der Waals surface area contributed by atoms with E-state index in [1.807, 2.05) is 30.3 Å². The SMILES string of the molecule is COC(=O)[C@@H](NC(=O)NC12C[C@H]3C[C@H](C1)CC(c1ccc(C)cc1)(C3)C2)c1ccccc1. The molecule has 0 aromatic heterocycles. The van der Waals surface area contributed by atoms with Crippen molar-refractivity contribution in [2.45, 2.75) is 62.4 Å². The van der Waals surface area contributed by atoms with Crippen molar-refractivity contribution in [3.63, 3.8) is 0 Å². The molecule has 0 radical (unpaired) electrons. The number of urea groups is 1. The van der Waals surface area contributed by atoms with Crippen LogP contribution in [0.4, 0.5) is 4.79 Å². The largest absolute Gasteiger partial charge is 0.467 e. The monoisotopic (exact) mass is 432 g/mol. The summed E-state index contributed by atoms with van der Waals surface area (Å²) in [4.78, 5) is 25.6. The highest BCUT2D eigenvalue weighted by Gasteiger charge is 2.58. The van der Waals surface area contributed by atoms with Crippen molar-refractivity contribution >= 4 is 12.0 Å². The Kier molecular flexibility index (Phi) is 5.23. The van der Waals surface area contributed by atoms with Crippen LogP contribution >= 0.6 is 0 Å². The third-order valence-electron chi connectivity index (χ3n) is 7.95. The Morgan fingerprint density at radius 1 is 0.969 bits per heavy atom. The van der Waals surface area contributed by atoms with Crippen LogP contribution in [-0.4, -0.2) is 24.6 Å². The molecule has 4 bridgehead atoms. The highest BCUT2D eigenvalue weighted by atomic mass is 16.5. The Bertz CT molecular complexity index is 987. The minimum atomic E-state index is -0.818. The number of benzene rings is 2. The quantitative estimate of drug-likeness (QED) is 0.667. The number of hydrogen-bond donors (Lipinski definition) is 2. The number of carbonyl (C=O) groups is 2. The van der Waals surface area contributed by atoms with Gasteiger partial charge in [0.2, 0.25) is 0 Å². The lowest BCUT2D eigenvalue weighted by Crippen LogP contribution is -2.65. The topological polar surface area (TPSA) is 67.4 Å². The van der Waals surface area contributed by atoms with Gasteiger partial charge < -0.3 is 15.4 Å². The molecule has 5 nitrogen and oxygen atoms in total. The number of aryl methyl sites for hydroxylation is 1. The third kappa shape index (κ3) is 3.78. The standard InChI is InChI=1S/C27H32N2O3/c1-18-8-10-22(11-9-18)26-13-19-12-20(14-26)16-27(15-19,17-26)29-25(31)28-23(24(30)32-2)21-6-4-3-5-7-21/h3-11,19-20,23H,12-17H2,1-2H3,(H2,28,29,31)/t19-,20-,23-,26?,27?/m0/s1. The van der Waals surface area contributed by atoms with E-state index in [0.717, 1.165) is 24.8 Å². The summed E-state index contributed by atoms with van der Waals surface area (Å²) in [5.74, 6) is 0.819. The number of nitrogens with one attached hydrogen (secondary N) is 2. The Morgan fingerprint density at radius 3 is 2.25 bits per heavy atom. The second kappa shape index (κ2) is 7.95. The molecule has 0 spiro atoms. The third-order valence-corrected chi connectivity index (χ3v) is 7.95. The van der Waals surface area contributed by atoms with Crippen LogP contribution in [0.5, 0.6) is 0 Å². The molecule has 0 aliphatic heterocycles. The summed E-state index contributed by atoms with van der Waals surface area (Å²) in [5, 5.41) is 6.25. The lowest BCUT2D eigenvalue weighted by atomic mass is 9.45. The van der Waals surface area contributed by atoms with Crippen molar-refractivity contribution < 1.29 is 14.3 Å². The van der Waals surface area contributed by atoms with Gasteiger partial charge in [0.25, 0.3) is 0 Å². The Morgan fingerprint density at radius 2 is 1.62 bits per heavy atom. The van der Waals surface area contributed by atoms with Crippen LogP contribution in [-0.2, 0) is 14.9 Å². The van der Waals surface area contributed by atoms with Crippen LogP contribution in [0.15, 0.2) is 54.6 Å². The number of amides is 2. The minimum absolute atomic E-state index is 0.145. The maximum atomic E-state index is 13.2. The van der Waals surface area contributed by atoms with Crippen molar-refractivity contribution in [3.05, 3.63) is 71.3 Å². The number of carbonyl (C=O) groups excluding carboxylic acids is 2. The van der Waals surface area contributed by atoms with Crippen LogP contribution in [0.1, 0.15) is 61.3 Å². The minimum Gasteiger partial charge on any atom is -0.467 e. The summed E-state index contributed by atoms with van der Waals surface area (Å²) >= 11 is 0. The van der Waals surface area contributed by atoms with Crippen molar-refractivity contribution in [3.8, 4) is 0 Å². The van der Waals surface area contributed by atoms with Crippen LogP contribution in [0.25, 0.3) is 0 Å². The fourth-order valence-corrected chi connectivity index (χ4v) is 7.10. The van der Waals surface area contributed by atoms with Gasteiger partial charge in [-0.15, -0.1) is 0 Å². The number of ether oxygens (including phenoxy) is 1. The van der Waals surface area contributed by atoms with E-state index >= 15 is 0 Å². The predicted molar refractivity (Wildman–Crippen MR) is 123 cm³/mol. The molecule has 0 unspecified atom stereocenters. The van der Waals surface area contributed by atoms with Crippen molar-refractivity contribution in [2.24, 2.45) is 11.8 Å². The zero-order valence-corrected chi connectivity index (χ0v) is 18.9. The summed E-state index contributed by atoms with van der Waals surface area (Å²) in [6.45, 7) is 2.13. The molecular formula is C27H32N2O3. The molecule has 4 fully saturated rings. The van der Waals surface area contributed by atoms with Gasteiger partial charge in [-0.2, -0.15) is 0 Å². The van der Waals surface area contributed by atoms with E-state index in [9.17, 15) is 9.59 Å². The molecule has 32 heavy (non-hydrogen) atoms. The lowest BCUT2D eigenvalue weighted by Gasteiger charge is -2.62. The fraction of sp³-hybridized carbons (Fsp3) is 0.481. The van der Waals surface area contributed by atoms with Gasteiger partial charge in [0.15, 0.2) is 6.04 Å². The average molecular weight is 433 g/mol. The summed E-state index contributed by atoms with van der Waals surface area (Å²) < 4.78 is 4.96. The number of rotatable bonds is 5. The van der Waals surface area contributed by atoms with Crippen LogP contribution in [0.3, 0.4) is 0 Å². The molecule has 0 saturated heterocycles. The van der Waals surface area contributed by atoms with Gasteiger partial charge in [-0.3, -0.25) is 0 Å². The zero-order valence-electron chi connectivity index (χ0n) is 18.9. The predicted octanol–water partition coefficient (Wildman–Crippen LogP) is 4.80. The number of esters is 1. The van der Waals surface area contributed by atoms with E-state index in [2.05, 4.69) is 41.8 Å². The maximum Gasteiger partial charge on any atom is 0.333 e. The first kappa shape index (κ1) is 21.0. The van der Waals surface area contributed by atoms with Crippen molar-refractivity contribution in [1.29, 1.82) is 0 Å². The Hall–Kier alpha value is -2.82. The fourth-order valence-electron chi connectivity index (χ4n) is 7.10. The Balaban J connectivity index is 1.37. The summed E-state index contributed by atoms with van der Waals surface area (Å²) in [6.07, 6.45) is 6.72. The van der Waals surface area contributed by atoms with Gasteiger partial charge in [-0.1, -0.05) is 60.2 Å². The second-order valence-corrected chi connectivity index (χ2v) is 10.4.